The van der Waals surface area contributed by atoms with E-state index in [4.69, 9.17) is 0 Å². The molecule has 3 aromatic carbocycles. The molecule has 1 nitrogen and oxygen atoms in total. The van der Waals surface area contributed by atoms with E-state index in [1.165, 1.54) is 44.1 Å². The Hall–Kier alpha value is -2.54. The number of nitrogens with zero attached hydrogens (tertiary/aromatic N) is 1. The highest BCUT2D eigenvalue weighted by molar-refractivity contribution is 6.12. The summed E-state index contributed by atoms with van der Waals surface area (Å²) in [6.45, 7) is 7.98. The molecular weight excluding hydrogens is 290 g/mol. The molecule has 0 saturated carbocycles. The minimum absolute atomic E-state index is 0.0345. The van der Waals surface area contributed by atoms with Crippen LogP contribution in [0.4, 0.5) is 0 Å². The first-order chi connectivity index (χ1) is 11.6. The second-order valence-corrected chi connectivity index (χ2v) is 7.32. The van der Waals surface area contributed by atoms with Gasteiger partial charge in [0.25, 0.3) is 0 Å². The highest BCUT2D eigenvalue weighted by atomic mass is 15.0. The van der Waals surface area contributed by atoms with Gasteiger partial charge in [-0.15, -0.1) is 0 Å². The van der Waals surface area contributed by atoms with Crippen molar-refractivity contribution in [2.24, 2.45) is 0 Å². The highest BCUT2D eigenvalue weighted by Crippen LogP contribution is 2.52. The van der Waals surface area contributed by atoms with Crippen LogP contribution in [0.1, 0.15) is 31.9 Å². The van der Waals surface area contributed by atoms with Gasteiger partial charge in [0.2, 0.25) is 0 Å². The third-order valence-corrected chi connectivity index (χ3v) is 5.76. The lowest BCUT2D eigenvalue weighted by atomic mass is 9.81. The van der Waals surface area contributed by atoms with Crippen molar-refractivity contribution < 1.29 is 0 Å². The Kier molecular flexibility index (Phi) is 2.60. The van der Waals surface area contributed by atoms with E-state index in [9.17, 15) is 0 Å². The van der Waals surface area contributed by atoms with E-state index in [0.29, 0.717) is 0 Å². The zero-order chi connectivity index (χ0) is 16.5. The molecule has 0 aliphatic heterocycles. The van der Waals surface area contributed by atoms with Crippen LogP contribution in [0, 0.1) is 0 Å². The summed E-state index contributed by atoms with van der Waals surface area (Å²) < 4.78 is 2.50. The Bertz CT molecular complexity index is 1110. The van der Waals surface area contributed by atoms with Gasteiger partial charge in [0.05, 0.1) is 5.52 Å². The van der Waals surface area contributed by atoms with Gasteiger partial charge in [0, 0.05) is 28.2 Å². The van der Waals surface area contributed by atoms with Crippen molar-refractivity contribution in [3.63, 3.8) is 0 Å². The number of rotatable bonds is 1. The first-order valence-corrected chi connectivity index (χ1v) is 8.79. The van der Waals surface area contributed by atoms with Gasteiger partial charge in [-0.1, -0.05) is 68.4 Å². The van der Waals surface area contributed by atoms with Crippen LogP contribution in [-0.4, -0.2) is 4.57 Å². The number of hydrogen-bond donors (Lipinski definition) is 0. The lowest BCUT2D eigenvalue weighted by Gasteiger charge is -2.23. The van der Waals surface area contributed by atoms with Crippen LogP contribution in [0.25, 0.3) is 32.9 Å². The molecule has 1 heterocycles. The smallest absolute Gasteiger partial charge is 0.0539 e. The van der Waals surface area contributed by atoms with Gasteiger partial charge in [-0.05, 0) is 35.2 Å². The van der Waals surface area contributed by atoms with Gasteiger partial charge in [0.1, 0.15) is 0 Å². The largest absolute Gasteiger partial charge is 0.340 e. The average Bonchev–Trinajstić information content (AvgIpc) is 3.05. The summed E-state index contributed by atoms with van der Waals surface area (Å²) in [6.07, 6.45) is 0. The quantitative estimate of drug-likeness (QED) is 0.399. The normalized spacial score (nSPS) is 15.0. The molecule has 0 bridgehead atoms. The fraction of sp³-hybridized carbons (Fsp3) is 0.217. The van der Waals surface area contributed by atoms with Crippen LogP contribution in [0.5, 0.6) is 0 Å². The van der Waals surface area contributed by atoms with Crippen LogP contribution in [0.3, 0.4) is 0 Å². The fourth-order valence-corrected chi connectivity index (χ4v) is 4.73. The standard InChI is InChI=1S/C23H21N/c1-4-24-20-12-8-6-10-16(20)18-14-13-17-15-9-5-7-11-19(15)23(2,3)21(17)22(18)24/h5-14H,4H2,1-3H3. The minimum Gasteiger partial charge on any atom is -0.340 e. The summed E-state index contributed by atoms with van der Waals surface area (Å²) >= 11 is 0. The van der Waals surface area contributed by atoms with E-state index in [2.05, 4.69) is 86.0 Å². The topological polar surface area (TPSA) is 4.93 Å². The van der Waals surface area contributed by atoms with E-state index in [-0.39, 0.29) is 5.41 Å². The predicted octanol–water partition coefficient (Wildman–Crippen LogP) is 6.12. The van der Waals surface area contributed by atoms with Crippen LogP contribution < -0.4 is 0 Å². The molecule has 0 radical (unpaired) electrons. The highest BCUT2D eigenvalue weighted by Gasteiger charge is 2.37. The van der Waals surface area contributed by atoms with Crippen molar-refractivity contribution in [3.05, 3.63) is 71.8 Å². The third kappa shape index (κ3) is 1.50. The Balaban J connectivity index is 2.03. The molecule has 24 heavy (non-hydrogen) atoms. The molecule has 118 valence electrons. The summed E-state index contributed by atoms with van der Waals surface area (Å²) in [7, 11) is 0. The molecular formula is C23H21N. The van der Waals surface area contributed by atoms with E-state index in [1.54, 1.807) is 0 Å². The molecule has 0 spiro atoms. The van der Waals surface area contributed by atoms with Crippen molar-refractivity contribution in [3.8, 4) is 11.1 Å². The second-order valence-electron chi connectivity index (χ2n) is 7.32. The monoisotopic (exact) mass is 311 g/mol. The number of fused-ring (bicyclic) bond motifs is 7. The molecule has 5 rings (SSSR count). The molecule has 1 aliphatic carbocycles. The predicted molar refractivity (Wildman–Crippen MR) is 103 cm³/mol. The first kappa shape index (κ1) is 13.9. The van der Waals surface area contributed by atoms with Gasteiger partial charge in [-0.2, -0.15) is 0 Å². The van der Waals surface area contributed by atoms with Crippen molar-refractivity contribution in [1.29, 1.82) is 0 Å². The summed E-state index contributed by atoms with van der Waals surface area (Å²) in [4.78, 5) is 0. The number of aromatic nitrogens is 1. The van der Waals surface area contributed by atoms with E-state index in [1.807, 2.05) is 0 Å². The first-order valence-electron chi connectivity index (χ1n) is 8.79. The Labute approximate surface area is 142 Å². The number of benzene rings is 3. The van der Waals surface area contributed by atoms with Gasteiger partial charge in [0.15, 0.2) is 0 Å². The third-order valence-electron chi connectivity index (χ3n) is 5.76. The maximum absolute atomic E-state index is 2.50. The van der Waals surface area contributed by atoms with Gasteiger partial charge >= 0.3 is 0 Å². The van der Waals surface area contributed by atoms with Crippen LogP contribution in [-0.2, 0) is 12.0 Å². The van der Waals surface area contributed by atoms with Crippen molar-refractivity contribution >= 4 is 21.8 Å². The maximum Gasteiger partial charge on any atom is 0.0539 e. The fourth-order valence-electron chi connectivity index (χ4n) is 4.73. The number of para-hydroxylation sites is 1. The number of hydrogen-bond acceptors (Lipinski definition) is 0. The van der Waals surface area contributed by atoms with Gasteiger partial charge < -0.3 is 4.57 Å². The van der Waals surface area contributed by atoms with Crippen molar-refractivity contribution in [2.45, 2.75) is 32.7 Å². The van der Waals surface area contributed by atoms with Gasteiger partial charge in [-0.3, -0.25) is 0 Å². The molecule has 1 aliphatic rings. The minimum atomic E-state index is 0.0345. The van der Waals surface area contributed by atoms with Crippen molar-refractivity contribution in [2.75, 3.05) is 0 Å². The molecule has 0 saturated heterocycles. The zero-order valence-corrected chi connectivity index (χ0v) is 14.4. The SMILES string of the molecule is CCn1c2ccccc2c2ccc3c(c21)C(C)(C)c1ccccc1-3. The summed E-state index contributed by atoms with van der Waals surface area (Å²) in [6, 6.07) is 22.3. The molecule has 1 aromatic heterocycles. The molecule has 0 unspecified atom stereocenters. The molecule has 0 fully saturated rings. The molecule has 4 aromatic rings. The number of aryl methyl sites for hydroxylation is 1. The molecule has 0 N–H and O–H groups in total. The van der Waals surface area contributed by atoms with Gasteiger partial charge in [-0.25, -0.2) is 0 Å². The molecule has 0 atom stereocenters. The summed E-state index contributed by atoms with van der Waals surface area (Å²) in [5.41, 5.74) is 8.52. The lowest BCUT2D eigenvalue weighted by molar-refractivity contribution is 0.659. The van der Waals surface area contributed by atoms with E-state index in [0.717, 1.165) is 6.54 Å². The van der Waals surface area contributed by atoms with Crippen LogP contribution in [0.15, 0.2) is 60.7 Å². The summed E-state index contributed by atoms with van der Waals surface area (Å²) in [5, 5.41) is 2.75. The zero-order valence-electron chi connectivity index (χ0n) is 14.4. The molecule has 0 amide bonds. The Morgan fingerprint density at radius 1 is 0.792 bits per heavy atom. The average molecular weight is 311 g/mol. The van der Waals surface area contributed by atoms with Crippen LogP contribution >= 0.6 is 0 Å². The van der Waals surface area contributed by atoms with E-state index >= 15 is 0 Å². The lowest BCUT2D eigenvalue weighted by Crippen LogP contribution is -2.16. The molecule has 1 heteroatoms. The maximum atomic E-state index is 2.50. The van der Waals surface area contributed by atoms with Crippen LogP contribution in [0.2, 0.25) is 0 Å². The summed E-state index contributed by atoms with van der Waals surface area (Å²) in [5.74, 6) is 0. The van der Waals surface area contributed by atoms with Crippen molar-refractivity contribution in [1.82, 2.24) is 4.57 Å². The second kappa shape index (κ2) is 4.51. The Morgan fingerprint density at radius 3 is 2.38 bits per heavy atom. The Morgan fingerprint density at radius 2 is 1.54 bits per heavy atom. The van der Waals surface area contributed by atoms with E-state index < -0.39 is 0 Å².